The van der Waals surface area contributed by atoms with Crippen molar-refractivity contribution in [1.82, 2.24) is 5.32 Å². The Hall–Kier alpha value is -3.83. The zero-order chi connectivity index (χ0) is 25.4. The van der Waals surface area contributed by atoms with Gasteiger partial charge in [-0.05, 0) is 61.4 Å². The van der Waals surface area contributed by atoms with Crippen LogP contribution in [0.2, 0.25) is 0 Å². The summed E-state index contributed by atoms with van der Waals surface area (Å²) in [5.41, 5.74) is 1.02. The molecule has 0 fully saturated rings. The Bertz CT molecular complexity index is 1270. The number of amides is 1. The van der Waals surface area contributed by atoms with Gasteiger partial charge in [0.15, 0.2) is 6.61 Å². The Morgan fingerprint density at radius 1 is 1.03 bits per heavy atom. The first-order chi connectivity index (χ1) is 16.7. The van der Waals surface area contributed by atoms with E-state index in [-0.39, 0.29) is 23.6 Å². The molecule has 0 bridgehead atoms. The molecule has 3 N–H and O–H groups in total. The predicted octanol–water partition coefficient (Wildman–Crippen LogP) is 2.34. The van der Waals surface area contributed by atoms with E-state index in [1.54, 1.807) is 50.4 Å². The average Bonchev–Trinajstić information content (AvgIpc) is 3.22. The lowest BCUT2D eigenvalue weighted by atomic mass is 10.1. The number of esters is 1. The smallest absolute Gasteiger partial charge is 0.342 e. The Morgan fingerprint density at radius 3 is 2.31 bits per heavy atom. The molecule has 0 unspecified atom stereocenters. The van der Waals surface area contributed by atoms with E-state index in [9.17, 15) is 18.0 Å². The Morgan fingerprint density at radius 2 is 1.69 bits per heavy atom. The van der Waals surface area contributed by atoms with E-state index in [1.807, 2.05) is 0 Å². The number of ether oxygens (including phenoxy) is 3. The molecule has 0 aliphatic carbocycles. The van der Waals surface area contributed by atoms with Crippen LogP contribution in [0, 0.1) is 6.92 Å². The molecule has 10 nitrogen and oxygen atoms in total. The van der Waals surface area contributed by atoms with Crippen LogP contribution in [-0.4, -0.2) is 40.6 Å². The third kappa shape index (κ3) is 7.59. The van der Waals surface area contributed by atoms with Gasteiger partial charge in [-0.2, -0.15) is 0 Å². The van der Waals surface area contributed by atoms with Gasteiger partial charge in [-0.25, -0.2) is 18.4 Å². The fourth-order valence-corrected chi connectivity index (χ4v) is 3.61. The van der Waals surface area contributed by atoms with Crippen LogP contribution in [0.25, 0.3) is 0 Å². The van der Waals surface area contributed by atoms with Crippen molar-refractivity contribution in [3.05, 3.63) is 77.2 Å². The maximum Gasteiger partial charge on any atom is 0.342 e. The number of furan rings is 1. The molecule has 3 aromatic rings. The molecule has 1 amide bonds. The minimum absolute atomic E-state index is 0.0159. The quantitative estimate of drug-likeness (QED) is 0.380. The zero-order valence-electron chi connectivity index (χ0n) is 19.3. The molecule has 1 heterocycles. The highest BCUT2D eigenvalue weighted by Crippen LogP contribution is 2.21. The maximum atomic E-state index is 12.4. The summed E-state index contributed by atoms with van der Waals surface area (Å²) in [6, 6.07) is 14.6. The molecule has 0 saturated carbocycles. The Labute approximate surface area is 203 Å². The van der Waals surface area contributed by atoms with Gasteiger partial charge in [-0.15, -0.1) is 0 Å². The van der Waals surface area contributed by atoms with Gasteiger partial charge < -0.3 is 23.9 Å². The second-order valence-electron chi connectivity index (χ2n) is 7.51. The standard InChI is InChI=1S/C24H26N2O8S/c1-16-22(13-20(34-16)14-32-19-7-5-18(31-2)6-8-19)24(28)33-15-23(27)26-12-11-17-3-9-21(10-4-17)35(25,29)30/h3-10,13H,11-12,14-15H2,1-2H3,(H,26,27)(H2,25,29,30). The van der Waals surface area contributed by atoms with Crippen LogP contribution in [0.15, 0.2) is 63.9 Å². The average molecular weight is 503 g/mol. The molecule has 0 saturated heterocycles. The number of carbonyl (C=O) groups is 2. The van der Waals surface area contributed by atoms with E-state index in [1.165, 1.54) is 18.2 Å². The monoisotopic (exact) mass is 502 g/mol. The molecule has 0 spiro atoms. The van der Waals surface area contributed by atoms with Crippen LogP contribution >= 0.6 is 0 Å². The molecule has 2 aromatic carbocycles. The normalized spacial score (nSPS) is 11.1. The van der Waals surface area contributed by atoms with Crippen LogP contribution in [-0.2, 0) is 32.6 Å². The third-order valence-electron chi connectivity index (χ3n) is 4.95. The lowest BCUT2D eigenvalue weighted by molar-refractivity contribution is -0.124. The van der Waals surface area contributed by atoms with Gasteiger partial charge in [0, 0.05) is 6.54 Å². The van der Waals surface area contributed by atoms with Gasteiger partial charge in [-0.3, -0.25) is 4.79 Å². The highest BCUT2D eigenvalue weighted by molar-refractivity contribution is 7.89. The number of rotatable bonds is 11. The van der Waals surface area contributed by atoms with E-state index in [4.69, 9.17) is 23.8 Å². The molecular weight excluding hydrogens is 476 g/mol. The van der Waals surface area contributed by atoms with E-state index < -0.39 is 28.5 Å². The highest BCUT2D eigenvalue weighted by atomic mass is 32.2. The second kappa shape index (κ2) is 11.5. The summed E-state index contributed by atoms with van der Waals surface area (Å²) >= 11 is 0. The molecule has 11 heteroatoms. The summed E-state index contributed by atoms with van der Waals surface area (Å²) in [7, 11) is -2.17. The number of aryl methyl sites for hydroxylation is 1. The molecule has 35 heavy (non-hydrogen) atoms. The zero-order valence-corrected chi connectivity index (χ0v) is 20.1. The highest BCUT2D eigenvalue weighted by Gasteiger charge is 2.18. The molecule has 1 aromatic heterocycles. The summed E-state index contributed by atoms with van der Waals surface area (Å²) < 4.78 is 43.9. The minimum atomic E-state index is -3.75. The Balaban J connectivity index is 1.42. The van der Waals surface area contributed by atoms with Crippen molar-refractivity contribution < 1.29 is 36.6 Å². The number of hydrogen-bond donors (Lipinski definition) is 2. The first-order valence-corrected chi connectivity index (χ1v) is 12.1. The second-order valence-corrected chi connectivity index (χ2v) is 9.07. The number of primary sulfonamides is 1. The van der Waals surface area contributed by atoms with Crippen molar-refractivity contribution in [2.45, 2.75) is 24.8 Å². The van der Waals surface area contributed by atoms with E-state index in [0.717, 1.165) is 5.56 Å². The molecule has 0 aliphatic heterocycles. The number of nitrogens with two attached hydrogens (primary N) is 1. The molecule has 0 atom stereocenters. The SMILES string of the molecule is COc1ccc(OCc2cc(C(=O)OCC(=O)NCCc3ccc(S(N)(=O)=O)cc3)c(C)o2)cc1. The largest absolute Gasteiger partial charge is 0.497 e. The summed E-state index contributed by atoms with van der Waals surface area (Å²) in [6.45, 7) is 1.56. The first-order valence-electron chi connectivity index (χ1n) is 10.6. The summed E-state index contributed by atoms with van der Waals surface area (Å²) in [5, 5.41) is 7.70. The van der Waals surface area contributed by atoms with Crippen LogP contribution in [0.1, 0.15) is 27.4 Å². The Kier molecular flexibility index (Phi) is 8.50. The van der Waals surface area contributed by atoms with Crippen LogP contribution < -0.4 is 19.9 Å². The van der Waals surface area contributed by atoms with E-state index in [2.05, 4.69) is 5.32 Å². The van der Waals surface area contributed by atoms with Crippen molar-refractivity contribution >= 4 is 21.9 Å². The van der Waals surface area contributed by atoms with Crippen molar-refractivity contribution in [2.75, 3.05) is 20.3 Å². The summed E-state index contributed by atoms with van der Waals surface area (Å²) in [6.07, 6.45) is 0.461. The van der Waals surface area contributed by atoms with Crippen molar-refractivity contribution in [1.29, 1.82) is 0 Å². The van der Waals surface area contributed by atoms with Gasteiger partial charge in [0.25, 0.3) is 5.91 Å². The summed E-state index contributed by atoms with van der Waals surface area (Å²) in [5.74, 6) is 0.953. The summed E-state index contributed by atoms with van der Waals surface area (Å²) in [4.78, 5) is 24.4. The molecule has 186 valence electrons. The number of sulfonamides is 1. The van der Waals surface area contributed by atoms with Gasteiger partial charge in [-0.1, -0.05) is 12.1 Å². The number of hydrogen-bond acceptors (Lipinski definition) is 8. The fourth-order valence-electron chi connectivity index (χ4n) is 3.10. The molecule has 0 radical (unpaired) electrons. The lowest BCUT2D eigenvalue weighted by Crippen LogP contribution is -2.30. The van der Waals surface area contributed by atoms with Crippen LogP contribution in [0.4, 0.5) is 0 Å². The third-order valence-corrected chi connectivity index (χ3v) is 5.88. The number of methoxy groups -OCH3 is 1. The van der Waals surface area contributed by atoms with Gasteiger partial charge in [0.2, 0.25) is 10.0 Å². The topological polar surface area (TPSA) is 147 Å². The predicted molar refractivity (Wildman–Crippen MR) is 126 cm³/mol. The fraction of sp³-hybridized carbons (Fsp3) is 0.250. The van der Waals surface area contributed by atoms with Crippen molar-refractivity contribution in [3.8, 4) is 11.5 Å². The van der Waals surface area contributed by atoms with Crippen LogP contribution in [0.5, 0.6) is 11.5 Å². The van der Waals surface area contributed by atoms with Gasteiger partial charge >= 0.3 is 5.97 Å². The lowest BCUT2D eigenvalue weighted by Gasteiger charge is -2.07. The number of nitrogens with one attached hydrogen (secondary N) is 1. The molecular formula is C24H26N2O8S. The maximum absolute atomic E-state index is 12.4. The molecule has 0 aliphatic rings. The molecule has 3 rings (SSSR count). The first kappa shape index (κ1) is 25.8. The number of carbonyl (C=O) groups excluding carboxylic acids is 2. The van der Waals surface area contributed by atoms with Crippen LogP contribution in [0.3, 0.4) is 0 Å². The van der Waals surface area contributed by atoms with Crippen molar-refractivity contribution in [2.24, 2.45) is 5.14 Å². The van der Waals surface area contributed by atoms with E-state index >= 15 is 0 Å². The van der Waals surface area contributed by atoms with Gasteiger partial charge in [0.05, 0.1) is 12.0 Å². The van der Waals surface area contributed by atoms with E-state index in [0.29, 0.717) is 29.4 Å². The van der Waals surface area contributed by atoms with Gasteiger partial charge in [0.1, 0.15) is 35.2 Å². The van der Waals surface area contributed by atoms with Crippen molar-refractivity contribution in [3.63, 3.8) is 0 Å². The number of benzene rings is 2. The minimum Gasteiger partial charge on any atom is -0.497 e.